The number of fused-ring (bicyclic) bond motifs is 1. The Labute approximate surface area is 116 Å². The van der Waals surface area contributed by atoms with E-state index in [1.54, 1.807) is 12.1 Å². The largest absolute Gasteiger partial charge is 0.337 e. The maximum absolute atomic E-state index is 6.15. The lowest BCUT2D eigenvalue weighted by Crippen LogP contribution is -1.96. The number of halogens is 2. The van der Waals surface area contributed by atoms with Crippen molar-refractivity contribution in [2.24, 2.45) is 0 Å². The summed E-state index contributed by atoms with van der Waals surface area (Å²) in [6.07, 6.45) is 1.37. The van der Waals surface area contributed by atoms with Crippen LogP contribution in [0.4, 0.5) is 11.5 Å². The van der Waals surface area contributed by atoms with Crippen molar-refractivity contribution < 1.29 is 0 Å². The Morgan fingerprint density at radius 3 is 2.83 bits per heavy atom. The van der Waals surface area contributed by atoms with Crippen molar-refractivity contribution in [2.45, 2.75) is 0 Å². The average Bonchev–Trinajstić information content (AvgIpc) is 2.81. The zero-order valence-corrected chi connectivity index (χ0v) is 11.1. The Morgan fingerprint density at radius 1 is 1.11 bits per heavy atom. The molecule has 0 aliphatic rings. The van der Waals surface area contributed by atoms with Crippen molar-refractivity contribution in [3.05, 3.63) is 34.7 Å². The summed E-state index contributed by atoms with van der Waals surface area (Å²) in [5, 5.41) is 3.98. The standard InChI is InChI=1S/C10H5Cl2N5S/c11-5-1-2-6-10(17-18-16-6)9(5)15-8-3-7(12)13-4-14-8/h1-4H,(H,13,14,15). The highest BCUT2D eigenvalue weighted by atomic mass is 35.5. The van der Waals surface area contributed by atoms with Gasteiger partial charge in [0.15, 0.2) is 0 Å². The maximum Gasteiger partial charge on any atom is 0.135 e. The molecule has 0 saturated carbocycles. The summed E-state index contributed by atoms with van der Waals surface area (Å²) in [7, 11) is 0. The number of aromatic nitrogens is 4. The first-order valence-corrected chi connectivity index (χ1v) is 6.38. The minimum absolute atomic E-state index is 0.354. The van der Waals surface area contributed by atoms with Crippen LogP contribution in [0.25, 0.3) is 11.0 Å². The molecule has 2 aromatic heterocycles. The molecule has 0 aliphatic carbocycles. The lowest BCUT2D eigenvalue weighted by Gasteiger charge is -2.07. The van der Waals surface area contributed by atoms with Gasteiger partial charge in [0, 0.05) is 6.07 Å². The van der Waals surface area contributed by atoms with Gasteiger partial charge in [-0.2, -0.15) is 8.75 Å². The summed E-state index contributed by atoms with van der Waals surface area (Å²) in [5.74, 6) is 0.553. The zero-order chi connectivity index (χ0) is 12.5. The van der Waals surface area contributed by atoms with Crippen LogP contribution in [-0.4, -0.2) is 18.7 Å². The van der Waals surface area contributed by atoms with Crippen LogP contribution in [-0.2, 0) is 0 Å². The summed E-state index contributed by atoms with van der Waals surface area (Å²) in [4.78, 5) is 7.87. The third kappa shape index (κ3) is 2.10. The molecular weight excluding hydrogens is 293 g/mol. The highest BCUT2D eigenvalue weighted by Gasteiger charge is 2.10. The molecule has 1 aromatic carbocycles. The first kappa shape index (κ1) is 11.6. The van der Waals surface area contributed by atoms with Gasteiger partial charge < -0.3 is 5.32 Å². The van der Waals surface area contributed by atoms with Crippen LogP contribution in [0.15, 0.2) is 24.5 Å². The van der Waals surface area contributed by atoms with Crippen molar-refractivity contribution in [3.63, 3.8) is 0 Å². The van der Waals surface area contributed by atoms with Gasteiger partial charge in [-0.1, -0.05) is 23.2 Å². The molecule has 0 bridgehead atoms. The van der Waals surface area contributed by atoms with Gasteiger partial charge in [0.2, 0.25) is 0 Å². The van der Waals surface area contributed by atoms with E-state index in [4.69, 9.17) is 23.2 Å². The number of hydrogen-bond acceptors (Lipinski definition) is 6. The molecule has 18 heavy (non-hydrogen) atoms. The van der Waals surface area contributed by atoms with Crippen molar-refractivity contribution in [3.8, 4) is 0 Å². The van der Waals surface area contributed by atoms with Gasteiger partial charge in [0.1, 0.15) is 28.3 Å². The quantitative estimate of drug-likeness (QED) is 0.733. The molecule has 0 radical (unpaired) electrons. The molecule has 0 fully saturated rings. The van der Waals surface area contributed by atoms with Crippen molar-refractivity contribution in [1.82, 2.24) is 18.7 Å². The molecule has 8 heteroatoms. The predicted molar refractivity (Wildman–Crippen MR) is 72.7 cm³/mol. The van der Waals surface area contributed by atoms with Gasteiger partial charge in [-0.3, -0.25) is 0 Å². The molecular formula is C10H5Cl2N5S. The van der Waals surface area contributed by atoms with Crippen LogP contribution < -0.4 is 5.32 Å². The predicted octanol–water partition coefficient (Wildman–Crippen LogP) is 3.53. The van der Waals surface area contributed by atoms with E-state index in [9.17, 15) is 0 Å². The van der Waals surface area contributed by atoms with Gasteiger partial charge in [0.25, 0.3) is 0 Å². The van der Waals surface area contributed by atoms with Gasteiger partial charge >= 0.3 is 0 Å². The molecule has 5 nitrogen and oxygen atoms in total. The smallest absolute Gasteiger partial charge is 0.135 e. The number of anilines is 2. The summed E-state index contributed by atoms with van der Waals surface area (Å²) < 4.78 is 8.36. The van der Waals surface area contributed by atoms with E-state index < -0.39 is 0 Å². The number of hydrogen-bond donors (Lipinski definition) is 1. The lowest BCUT2D eigenvalue weighted by atomic mass is 10.2. The van der Waals surface area contributed by atoms with Crippen molar-refractivity contribution >= 4 is 57.5 Å². The molecule has 0 atom stereocenters. The van der Waals surface area contributed by atoms with Crippen LogP contribution in [0.2, 0.25) is 10.2 Å². The molecule has 2 heterocycles. The van der Waals surface area contributed by atoms with E-state index in [2.05, 4.69) is 24.0 Å². The molecule has 0 saturated heterocycles. The Hall–Kier alpha value is -1.50. The molecule has 0 aliphatic heterocycles. The summed E-state index contributed by atoms with van der Waals surface area (Å²) >= 11 is 13.1. The Morgan fingerprint density at radius 2 is 2.00 bits per heavy atom. The van der Waals surface area contributed by atoms with E-state index in [1.807, 2.05) is 6.07 Å². The highest BCUT2D eigenvalue weighted by molar-refractivity contribution is 7.00. The van der Waals surface area contributed by atoms with Crippen molar-refractivity contribution in [2.75, 3.05) is 5.32 Å². The molecule has 0 amide bonds. The molecule has 0 spiro atoms. The first-order valence-electron chi connectivity index (χ1n) is 4.89. The topological polar surface area (TPSA) is 63.6 Å². The van der Waals surface area contributed by atoms with E-state index in [-0.39, 0.29) is 0 Å². The third-order valence-electron chi connectivity index (χ3n) is 2.26. The monoisotopic (exact) mass is 297 g/mol. The van der Waals surface area contributed by atoms with E-state index in [1.165, 1.54) is 6.33 Å². The fourth-order valence-corrected chi connectivity index (χ4v) is 2.37. The fraction of sp³-hybridized carbons (Fsp3) is 0. The first-order chi connectivity index (χ1) is 8.74. The zero-order valence-electron chi connectivity index (χ0n) is 8.76. The van der Waals surface area contributed by atoms with Gasteiger partial charge in [-0.15, -0.1) is 0 Å². The van der Waals surface area contributed by atoms with E-state index in [0.717, 1.165) is 17.2 Å². The lowest BCUT2D eigenvalue weighted by molar-refractivity contribution is 1.17. The second kappa shape index (κ2) is 4.64. The van der Waals surface area contributed by atoms with Crippen molar-refractivity contribution in [1.29, 1.82) is 0 Å². The van der Waals surface area contributed by atoms with E-state index >= 15 is 0 Å². The Bertz CT molecular complexity index is 714. The second-order valence-electron chi connectivity index (χ2n) is 3.41. The summed E-state index contributed by atoms with van der Waals surface area (Å²) in [6, 6.07) is 5.19. The van der Waals surface area contributed by atoms with Crippen LogP contribution in [0.1, 0.15) is 0 Å². The number of nitrogens with one attached hydrogen (secondary N) is 1. The average molecular weight is 298 g/mol. The molecule has 1 N–H and O–H groups in total. The van der Waals surface area contributed by atoms with Gasteiger partial charge in [-0.25, -0.2) is 9.97 Å². The van der Waals surface area contributed by atoms with Gasteiger partial charge in [-0.05, 0) is 12.1 Å². The van der Waals surface area contributed by atoms with Crippen LogP contribution in [0.5, 0.6) is 0 Å². The highest BCUT2D eigenvalue weighted by Crippen LogP contribution is 2.32. The Kier molecular flexibility index (Phi) is 2.99. The Balaban J connectivity index is 2.09. The summed E-state index contributed by atoms with van der Waals surface area (Å²) in [5.41, 5.74) is 2.16. The third-order valence-corrected chi connectivity index (χ3v) is 3.33. The van der Waals surface area contributed by atoms with Crippen LogP contribution in [0.3, 0.4) is 0 Å². The number of rotatable bonds is 2. The fourth-order valence-electron chi connectivity index (χ4n) is 1.48. The summed E-state index contributed by atoms with van der Waals surface area (Å²) in [6.45, 7) is 0. The van der Waals surface area contributed by atoms with Crippen LogP contribution >= 0.6 is 34.9 Å². The molecule has 90 valence electrons. The molecule has 3 aromatic rings. The second-order valence-corrected chi connectivity index (χ2v) is 4.73. The molecule has 0 unspecified atom stereocenters. The van der Waals surface area contributed by atoms with E-state index in [0.29, 0.717) is 27.2 Å². The minimum atomic E-state index is 0.354. The SMILES string of the molecule is Clc1cc(Nc2c(Cl)ccc3nsnc23)ncn1. The normalized spacial score (nSPS) is 10.8. The maximum atomic E-state index is 6.15. The minimum Gasteiger partial charge on any atom is -0.337 e. The number of benzene rings is 1. The molecule has 3 rings (SSSR count). The number of nitrogens with zero attached hydrogens (tertiary/aromatic N) is 4. The van der Waals surface area contributed by atoms with Gasteiger partial charge in [0.05, 0.1) is 22.4 Å². The van der Waals surface area contributed by atoms with Crippen LogP contribution in [0, 0.1) is 0 Å².